The highest BCUT2D eigenvalue weighted by molar-refractivity contribution is 9.40. The maximum Gasteiger partial charge on any atom is 0.153 e. The van der Waals surface area contributed by atoms with Crippen molar-refractivity contribution in [1.29, 1.82) is 0 Å². The summed E-state index contributed by atoms with van der Waals surface area (Å²) in [7, 11) is 0. The largest absolute Gasteiger partial charge is 0.153 e. The molecule has 0 saturated heterocycles. The summed E-state index contributed by atoms with van der Waals surface area (Å²) in [6.45, 7) is 0. The minimum absolute atomic E-state index is 0.326. The summed E-state index contributed by atoms with van der Waals surface area (Å²) >= 11 is 19.9. The molecule has 0 fully saturated rings. The summed E-state index contributed by atoms with van der Waals surface area (Å²) in [5, 5.41) is 0. The molecular formula is C4H2Br6. The molecule has 0 aliphatic rings. The molecule has 0 radical (unpaired) electrons. The monoisotopic (exact) mass is 524 g/mol. The first kappa shape index (κ1) is 12.6. The van der Waals surface area contributed by atoms with Gasteiger partial charge in [0, 0.05) is 0 Å². The predicted molar refractivity (Wildman–Crippen MR) is 68.2 cm³/mol. The number of allylic oxidation sites excluding steroid dienone is 2. The summed E-state index contributed by atoms with van der Waals surface area (Å²) < 4.78 is -0.652. The summed E-state index contributed by atoms with van der Waals surface area (Å²) in [6.07, 6.45) is 3.76. The second-order valence-corrected chi connectivity index (χ2v) is 15.3. The molecule has 0 bridgehead atoms. The van der Waals surface area contributed by atoms with E-state index in [1.807, 2.05) is 12.2 Å². The van der Waals surface area contributed by atoms with Crippen LogP contribution in [-0.4, -0.2) is 4.29 Å². The van der Waals surface area contributed by atoms with Crippen molar-refractivity contribution < 1.29 is 0 Å². The van der Waals surface area contributed by atoms with Crippen molar-refractivity contribution in [1.82, 2.24) is 0 Å². The molecule has 0 rings (SSSR count). The predicted octanol–water partition coefficient (Wildman–Crippen LogP) is 5.22. The Kier molecular flexibility index (Phi) is 5.99. The maximum atomic E-state index is 3.32. The van der Waals surface area contributed by atoms with Crippen LogP contribution in [0.2, 0.25) is 0 Å². The summed E-state index contributed by atoms with van der Waals surface area (Å²) in [6, 6.07) is 0. The van der Waals surface area contributed by atoms with Crippen LogP contribution >= 0.6 is 95.6 Å². The lowest BCUT2D eigenvalue weighted by atomic mass is 10.6. The molecule has 6 heteroatoms. The molecule has 0 spiro atoms. The van der Waals surface area contributed by atoms with E-state index in [9.17, 15) is 0 Å². The van der Waals surface area contributed by atoms with Gasteiger partial charge in [0.25, 0.3) is 0 Å². The van der Waals surface area contributed by atoms with Gasteiger partial charge in [0.2, 0.25) is 0 Å². The fraction of sp³-hybridized carbons (Fsp3) is 0.500. The van der Waals surface area contributed by atoms with E-state index in [1.54, 1.807) is 0 Å². The van der Waals surface area contributed by atoms with Gasteiger partial charge in [0.1, 0.15) is 0 Å². The number of alkyl halides is 6. The lowest BCUT2D eigenvalue weighted by Gasteiger charge is -2.08. The molecule has 0 aromatic rings. The molecule has 0 unspecified atom stereocenters. The van der Waals surface area contributed by atoms with E-state index in [0.29, 0.717) is 0 Å². The zero-order valence-corrected chi connectivity index (χ0v) is 13.9. The molecule has 10 heavy (non-hydrogen) atoms. The van der Waals surface area contributed by atoms with E-state index in [4.69, 9.17) is 0 Å². The van der Waals surface area contributed by atoms with E-state index >= 15 is 0 Å². The van der Waals surface area contributed by atoms with Crippen molar-refractivity contribution in [2.24, 2.45) is 0 Å². The topological polar surface area (TPSA) is 0 Å². The average molecular weight is 529 g/mol. The molecule has 0 nitrogen and oxygen atoms in total. The Balaban J connectivity index is 4.01. The molecule has 0 heterocycles. The first-order valence-electron chi connectivity index (χ1n) is 2.04. The zero-order chi connectivity index (χ0) is 8.41. The summed E-state index contributed by atoms with van der Waals surface area (Å²) in [5.74, 6) is 0. The van der Waals surface area contributed by atoms with Gasteiger partial charge in [-0.3, -0.25) is 0 Å². The van der Waals surface area contributed by atoms with Crippen LogP contribution in [0.5, 0.6) is 0 Å². The van der Waals surface area contributed by atoms with Crippen molar-refractivity contribution in [3.8, 4) is 0 Å². The van der Waals surface area contributed by atoms with Crippen LogP contribution < -0.4 is 0 Å². The van der Waals surface area contributed by atoms with Crippen LogP contribution in [0.25, 0.3) is 0 Å². The van der Waals surface area contributed by atoms with Crippen molar-refractivity contribution in [2.75, 3.05) is 0 Å². The average Bonchev–Trinajstić information content (AvgIpc) is 1.57. The molecule has 0 aliphatic carbocycles. The molecule has 0 atom stereocenters. The quantitative estimate of drug-likeness (QED) is 0.298. The van der Waals surface area contributed by atoms with Crippen molar-refractivity contribution in [2.45, 2.75) is 4.29 Å². The summed E-state index contributed by atoms with van der Waals surface area (Å²) in [4.78, 5) is 0. The first-order valence-corrected chi connectivity index (χ1v) is 6.80. The molecule has 0 aromatic heterocycles. The molecule has 0 saturated carbocycles. The first-order chi connectivity index (χ1) is 4.21. The standard InChI is InChI=1S/C4H2Br6/c5-3(6,7)1-2-4(8,9)10/h1-2H/b2-1-. The Morgan fingerprint density at radius 1 is 0.600 bits per heavy atom. The van der Waals surface area contributed by atoms with Gasteiger partial charge in [-0.05, 0) is 12.2 Å². The van der Waals surface area contributed by atoms with Crippen molar-refractivity contribution in [3.63, 3.8) is 0 Å². The van der Waals surface area contributed by atoms with Gasteiger partial charge < -0.3 is 0 Å². The van der Waals surface area contributed by atoms with Gasteiger partial charge in [-0.25, -0.2) is 0 Å². The molecule has 60 valence electrons. The fourth-order valence-corrected chi connectivity index (χ4v) is 0.982. The number of rotatable bonds is 0. The van der Waals surface area contributed by atoms with Crippen LogP contribution in [-0.2, 0) is 0 Å². The van der Waals surface area contributed by atoms with E-state index in [2.05, 4.69) is 95.6 Å². The van der Waals surface area contributed by atoms with Gasteiger partial charge in [-0.2, -0.15) is 0 Å². The molecule has 0 amide bonds. The number of hydrogen-bond donors (Lipinski definition) is 0. The van der Waals surface area contributed by atoms with Gasteiger partial charge in [0.05, 0.1) is 0 Å². The lowest BCUT2D eigenvalue weighted by Crippen LogP contribution is -1.97. The highest BCUT2D eigenvalue weighted by Gasteiger charge is 2.17. The third-order valence-corrected chi connectivity index (χ3v) is 2.05. The minimum atomic E-state index is -0.326. The smallest absolute Gasteiger partial charge is 0.0552 e. The molecule has 0 aromatic carbocycles. The Morgan fingerprint density at radius 2 is 0.800 bits per heavy atom. The highest BCUT2D eigenvalue weighted by Crippen LogP contribution is 2.40. The molecular weight excluding hydrogens is 527 g/mol. The van der Waals surface area contributed by atoms with E-state index < -0.39 is 0 Å². The van der Waals surface area contributed by atoms with Crippen LogP contribution in [0.15, 0.2) is 12.2 Å². The van der Waals surface area contributed by atoms with E-state index in [0.717, 1.165) is 0 Å². The second-order valence-electron chi connectivity index (χ2n) is 1.42. The van der Waals surface area contributed by atoms with Gasteiger partial charge in [-0.15, -0.1) is 0 Å². The maximum absolute atomic E-state index is 3.32. The van der Waals surface area contributed by atoms with Crippen LogP contribution in [0.4, 0.5) is 0 Å². The van der Waals surface area contributed by atoms with Crippen molar-refractivity contribution >= 4 is 95.6 Å². The van der Waals surface area contributed by atoms with Crippen LogP contribution in [0.3, 0.4) is 0 Å². The third kappa shape index (κ3) is 10.6. The fourth-order valence-electron chi connectivity index (χ4n) is 0.189. The van der Waals surface area contributed by atoms with Crippen molar-refractivity contribution in [3.05, 3.63) is 12.2 Å². The highest BCUT2D eigenvalue weighted by atomic mass is 80.0. The van der Waals surface area contributed by atoms with E-state index in [-0.39, 0.29) is 4.29 Å². The normalized spacial score (nSPS) is 14.6. The second kappa shape index (κ2) is 4.74. The Labute approximate surface area is 110 Å². The minimum Gasteiger partial charge on any atom is -0.0552 e. The van der Waals surface area contributed by atoms with Crippen LogP contribution in [0.1, 0.15) is 0 Å². The SMILES string of the molecule is BrC(Br)(Br)/C=C\C(Br)(Br)Br. The molecule has 0 aliphatic heterocycles. The number of halogens is 6. The Bertz CT molecular complexity index is 110. The third-order valence-electron chi connectivity index (χ3n) is 0.461. The van der Waals surface area contributed by atoms with Crippen LogP contribution in [0, 0.1) is 0 Å². The zero-order valence-electron chi connectivity index (χ0n) is 4.42. The Morgan fingerprint density at radius 3 is 0.900 bits per heavy atom. The number of hydrogen-bond acceptors (Lipinski definition) is 0. The van der Waals surface area contributed by atoms with E-state index in [1.165, 1.54) is 0 Å². The van der Waals surface area contributed by atoms with Gasteiger partial charge >= 0.3 is 0 Å². The summed E-state index contributed by atoms with van der Waals surface area (Å²) in [5.41, 5.74) is 0. The van der Waals surface area contributed by atoms with Gasteiger partial charge in [-0.1, -0.05) is 95.6 Å². The lowest BCUT2D eigenvalue weighted by molar-refractivity contribution is 1.54. The Hall–Kier alpha value is 2.62. The molecule has 0 N–H and O–H groups in total. The van der Waals surface area contributed by atoms with Gasteiger partial charge in [0.15, 0.2) is 4.29 Å².